The van der Waals surface area contributed by atoms with Crippen LogP contribution in [0, 0.1) is 0 Å². The summed E-state index contributed by atoms with van der Waals surface area (Å²) in [5.41, 5.74) is -3.50. The minimum absolute atomic E-state index is 0.00541. The summed E-state index contributed by atoms with van der Waals surface area (Å²) in [7, 11) is 0. The second-order valence-corrected chi connectivity index (χ2v) is 6.17. The molecule has 26 heavy (non-hydrogen) atoms. The van der Waals surface area contributed by atoms with Gasteiger partial charge in [0.25, 0.3) is 5.91 Å². The lowest BCUT2D eigenvalue weighted by atomic mass is 10.0. The fraction of sp³-hybridized carbons (Fsp3) is 0.188. The Labute approximate surface area is 151 Å². The number of amides is 1. The zero-order chi connectivity index (χ0) is 19.7. The number of carbonyl (C=O) groups is 1. The van der Waals surface area contributed by atoms with Gasteiger partial charge >= 0.3 is 12.4 Å². The number of aromatic hydroxyl groups is 1. The number of nitrogens with one attached hydrogen (secondary N) is 1. The third-order valence-electron chi connectivity index (χ3n) is 3.30. The highest BCUT2D eigenvalue weighted by Gasteiger charge is 2.36. The summed E-state index contributed by atoms with van der Waals surface area (Å²) in [5.74, 6) is -1.24. The van der Waals surface area contributed by atoms with Crippen LogP contribution in [0.2, 0.25) is 0 Å². The van der Waals surface area contributed by atoms with E-state index in [0.29, 0.717) is 16.6 Å². The van der Waals surface area contributed by atoms with Crippen LogP contribution < -0.4 is 5.32 Å². The molecule has 0 unspecified atom stereocenters. The van der Waals surface area contributed by atoms with Crippen LogP contribution in [-0.2, 0) is 18.9 Å². The Morgan fingerprint density at radius 3 is 2.00 bits per heavy atom. The molecule has 0 fully saturated rings. The Morgan fingerprint density at radius 2 is 1.50 bits per heavy atom. The van der Waals surface area contributed by atoms with Crippen LogP contribution in [0.25, 0.3) is 0 Å². The number of hydrogen-bond acceptors (Lipinski definition) is 2. The topological polar surface area (TPSA) is 49.3 Å². The number of halogens is 7. The zero-order valence-electron chi connectivity index (χ0n) is 12.7. The van der Waals surface area contributed by atoms with Crippen molar-refractivity contribution in [1.29, 1.82) is 0 Å². The first-order valence-electron chi connectivity index (χ1n) is 6.93. The third-order valence-corrected chi connectivity index (χ3v) is 3.80. The van der Waals surface area contributed by atoms with E-state index >= 15 is 0 Å². The van der Waals surface area contributed by atoms with Crippen molar-refractivity contribution >= 4 is 21.8 Å². The molecular formula is C16H10BrF6NO2. The standard InChI is InChI=1S/C16H10BrF6NO2/c17-11-1-2-13(25)12(6-11)14(26)24-7-8-3-9(15(18,19)20)5-10(4-8)16(21,22)23/h1-6,25H,7H2,(H,24,26). The second kappa shape index (κ2) is 7.18. The number of benzene rings is 2. The molecule has 0 atom stereocenters. The van der Waals surface area contributed by atoms with E-state index in [1.165, 1.54) is 18.2 Å². The average Bonchev–Trinajstić information content (AvgIpc) is 2.53. The van der Waals surface area contributed by atoms with Gasteiger partial charge in [-0.1, -0.05) is 15.9 Å². The van der Waals surface area contributed by atoms with Crippen LogP contribution in [0.1, 0.15) is 27.0 Å². The van der Waals surface area contributed by atoms with Crippen molar-refractivity contribution in [2.45, 2.75) is 18.9 Å². The summed E-state index contributed by atoms with van der Waals surface area (Å²) in [6.07, 6.45) is -9.94. The van der Waals surface area contributed by atoms with Gasteiger partial charge in [0, 0.05) is 11.0 Å². The first-order valence-corrected chi connectivity index (χ1v) is 7.72. The number of carbonyl (C=O) groups excluding carboxylic acids is 1. The smallest absolute Gasteiger partial charge is 0.416 e. The first-order chi connectivity index (χ1) is 11.9. The van der Waals surface area contributed by atoms with Gasteiger partial charge in [0.1, 0.15) is 5.75 Å². The molecule has 2 aromatic rings. The summed E-state index contributed by atoms with van der Waals surface area (Å²) in [4.78, 5) is 12.0. The number of alkyl halides is 6. The molecule has 2 rings (SSSR count). The van der Waals surface area contributed by atoms with Crippen molar-refractivity contribution in [2.75, 3.05) is 0 Å². The van der Waals surface area contributed by atoms with E-state index in [-0.39, 0.29) is 22.9 Å². The SMILES string of the molecule is O=C(NCc1cc(C(F)(F)F)cc(C(F)(F)F)c1)c1cc(Br)ccc1O. The lowest BCUT2D eigenvalue weighted by Crippen LogP contribution is -2.23. The van der Waals surface area contributed by atoms with E-state index in [2.05, 4.69) is 21.2 Å². The van der Waals surface area contributed by atoms with Crippen LogP contribution in [0.15, 0.2) is 40.9 Å². The molecule has 0 aromatic heterocycles. The molecule has 2 aromatic carbocycles. The summed E-state index contributed by atoms with van der Waals surface area (Å²) < 4.78 is 77.3. The van der Waals surface area contributed by atoms with Crippen molar-refractivity contribution in [1.82, 2.24) is 5.32 Å². The van der Waals surface area contributed by atoms with Crippen molar-refractivity contribution in [3.63, 3.8) is 0 Å². The van der Waals surface area contributed by atoms with Crippen molar-refractivity contribution in [2.24, 2.45) is 0 Å². The van der Waals surface area contributed by atoms with Crippen LogP contribution >= 0.6 is 15.9 Å². The van der Waals surface area contributed by atoms with Gasteiger partial charge < -0.3 is 10.4 Å². The normalized spacial score (nSPS) is 12.1. The van der Waals surface area contributed by atoms with Crippen LogP contribution in [0.4, 0.5) is 26.3 Å². The van der Waals surface area contributed by atoms with E-state index < -0.39 is 35.9 Å². The Morgan fingerprint density at radius 1 is 0.962 bits per heavy atom. The highest BCUT2D eigenvalue weighted by Crippen LogP contribution is 2.36. The van der Waals surface area contributed by atoms with Gasteiger partial charge in [-0.2, -0.15) is 26.3 Å². The number of phenols is 1. The quantitative estimate of drug-likeness (QED) is 0.649. The Bertz CT molecular complexity index is 800. The molecule has 0 bridgehead atoms. The summed E-state index contributed by atoms with van der Waals surface area (Å²) in [6, 6.07) is 4.98. The lowest BCUT2D eigenvalue weighted by Gasteiger charge is -2.15. The highest BCUT2D eigenvalue weighted by atomic mass is 79.9. The fourth-order valence-electron chi connectivity index (χ4n) is 2.09. The van der Waals surface area contributed by atoms with Gasteiger partial charge in [0.2, 0.25) is 0 Å². The van der Waals surface area contributed by atoms with Gasteiger partial charge in [0.05, 0.1) is 16.7 Å². The molecule has 0 saturated carbocycles. The summed E-state index contributed by atoms with van der Waals surface area (Å²) >= 11 is 3.08. The van der Waals surface area contributed by atoms with E-state index in [4.69, 9.17) is 0 Å². The first kappa shape index (κ1) is 20.1. The van der Waals surface area contributed by atoms with Crippen LogP contribution in [0.3, 0.4) is 0 Å². The Balaban J connectivity index is 2.28. The van der Waals surface area contributed by atoms with Gasteiger partial charge in [-0.25, -0.2) is 0 Å². The van der Waals surface area contributed by atoms with Crippen molar-refractivity contribution in [3.05, 3.63) is 63.1 Å². The van der Waals surface area contributed by atoms with Gasteiger partial charge in [-0.15, -0.1) is 0 Å². The molecule has 0 aliphatic heterocycles. The molecule has 0 aliphatic carbocycles. The highest BCUT2D eigenvalue weighted by molar-refractivity contribution is 9.10. The predicted molar refractivity (Wildman–Crippen MR) is 83.4 cm³/mol. The Hall–Kier alpha value is -2.23. The van der Waals surface area contributed by atoms with E-state index in [1.54, 1.807) is 0 Å². The number of phenolic OH excluding ortho intramolecular Hbond substituents is 1. The van der Waals surface area contributed by atoms with Crippen molar-refractivity contribution in [3.8, 4) is 5.75 Å². The van der Waals surface area contributed by atoms with Gasteiger partial charge in [0.15, 0.2) is 0 Å². The summed E-state index contributed by atoms with van der Waals surface area (Å²) in [5, 5.41) is 11.8. The monoisotopic (exact) mass is 441 g/mol. The van der Waals surface area contributed by atoms with Crippen LogP contribution in [0.5, 0.6) is 5.75 Å². The minimum atomic E-state index is -4.97. The molecule has 2 N–H and O–H groups in total. The molecule has 0 aliphatic rings. The molecular weight excluding hydrogens is 432 g/mol. The molecule has 0 saturated heterocycles. The minimum Gasteiger partial charge on any atom is -0.507 e. The maximum Gasteiger partial charge on any atom is 0.416 e. The fourth-order valence-corrected chi connectivity index (χ4v) is 2.45. The van der Waals surface area contributed by atoms with E-state index in [0.717, 1.165) is 0 Å². The third kappa shape index (κ3) is 4.90. The van der Waals surface area contributed by atoms with Crippen LogP contribution in [-0.4, -0.2) is 11.0 Å². The Kier molecular flexibility index (Phi) is 5.55. The zero-order valence-corrected chi connectivity index (χ0v) is 14.3. The second-order valence-electron chi connectivity index (χ2n) is 5.26. The predicted octanol–water partition coefficient (Wildman–Crippen LogP) is 5.12. The molecule has 140 valence electrons. The molecule has 1 amide bonds. The maximum atomic E-state index is 12.8. The molecule has 0 heterocycles. The molecule has 0 radical (unpaired) electrons. The van der Waals surface area contributed by atoms with E-state index in [9.17, 15) is 36.2 Å². The maximum absolute atomic E-state index is 12.8. The molecule has 10 heteroatoms. The summed E-state index contributed by atoms with van der Waals surface area (Å²) in [6.45, 7) is -0.586. The lowest BCUT2D eigenvalue weighted by molar-refractivity contribution is -0.143. The van der Waals surface area contributed by atoms with Gasteiger partial charge in [-0.05, 0) is 42.0 Å². The number of hydrogen-bond donors (Lipinski definition) is 2. The number of rotatable bonds is 3. The molecule has 3 nitrogen and oxygen atoms in total. The van der Waals surface area contributed by atoms with E-state index in [1.807, 2.05) is 0 Å². The average molecular weight is 442 g/mol. The molecule has 0 spiro atoms. The largest absolute Gasteiger partial charge is 0.507 e. The van der Waals surface area contributed by atoms with Gasteiger partial charge in [-0.3, -0.25) is 4.79 Å². The van der Waals surface area contributed by atoms with Crippen molar-refractivity contribution < 1.29 is 36.2 Å².